The Balaban J connectivity index is 1.15. The Bertz CT molecular complexity index is 1740. The number of carbonyl (C=O) groups excluding carboxylic acids is 1. The van der Waals surface area contributed by atoms with E-state index in [2.05, 4.69) is 54.2 Å². The number of H-pyrrole nitrogens is 1. The molecule has 0 aliphatic carbocycles. The molecule has 3 N–H and O–H groups in total. The van der Waals surface area contributed by atoms with Gasteiger partial charge in [-0.1, -0.05) is 12.1 Å². The number of aromatic nitrogens is 4. The third kappa shape index (κ3) is 6.02. The summed E-state index contributed by atoms with van der Waals surface area (Å²) in [5.41, 5.74) is 7.69. The number of aromatic hydroxyl groups is 1. The lowest BCUT2D eigenvalue weighted by Crippen LogP contribution is -2.45. The molecule has 1 aliphatic heterocycles. The van der Waals surface area contributed by atoms with Gasteiger partial charge in [-0.25, -0.2) is 9.97 Å². The zero-order chi connectivity index (χ0) is 29.2. The van der Waals surface area contributed by atoms with E-state index < -0.39 is 0 Å². The molecule has 0 bridgehead atoms. The minimum Gasteiger partial charge on any atom is -0.507 e. The second-order valence-electron chi connectivity index (χ2n) is 11.0. The Kier molecular flexibility index (Phi) is 7.69. The number of piperazine rings is 1. The van der Waals surface area contributed by atoms with Gasteiger partial charge in [-0.2, -0.15) is 0 Å². The van der Waals surface area contributed by atoms with Gasteiger partial charge in [-0.15, -0.1) is 0 Å². The van der Waals surface area contributed by atoms with Crippen molar-refractivity contribution in [3.63, 3.8) is 0 Å². The van der Waals surface area contributed by atoms with Crippen LogP contribution in [-0.2, 0) is 6.42 Å². The molecular formula is C33H35N7O2. The van der Waals surface area contributed by atoms with Gasteiger partial charge in [0.15, 0.2) is 0 Å². The van der Waals surface area contributed by atoms with Crippen molar-refractivity contribution in [2.24, 2.45) is 0 Å². The van der Waals surface area contributed by atoms with Gasteiger partial charge in [0.2, 0.25) is 0 Å². The minimum atomic E-state index is -0.198. The number of aryl methyl sites for hydroxylation is 2. The second kappa shape index (κ2) is 11.7. The Morgan fingerprint density at radius 1 is 0.976 bits per heavy atom. The Morgan fingerprint density at radius 3 is 2.55 bits per heavy atom. The molecule has 0 atom stereocenters. The van der Waals surface area contributed by atoms with Crippen LogP contribution in [0.4, 0.5) is 5.69 Å². The number of amides is 1. The number of nitrogens with one attached hydrogen (secondary N) is 2. The van der Waals surface area contributed by atoms with E-state index in [9.17, 15) is 9.90 Å². The van der Waals surface area contributed by atoms with Crippen molar-refractivity contribution < 1.29 is 9.90 Å². The highest BCUT2D eigenvalue weighted by molar-refractivity contribution is 6.06. The number of hydrogen-bond donors (Lipinski definition) is 3. The number of imidazole rings is 1. The van der Waals surface area contributed by atoms with E-state index >= 15 is 0 Å². The fourth-order valence-electron chi connectivity index (χ4n) is 5.28. The van der Waals surface area contributed by atoms with E-state index in [4.69, 9.17) is 0 Å². The number of benzene rings is 3. The average Bonchev–Trinajstić information content (AvgIpc) is 3.42. The summed E-state index contributed by atoms with van der Waals surface area (Å²) in [6.07, 6.45) is 2.73. The number of rotatable bonds is 7. The molecule has 0 unspecified atom stereocenters. The molecule has 214 valence electrons. The van der Waals surface area contributed by atoms with Crippen LogP contribution in [0.3, 0.4) is 0 Å². The third-order valence-electron chi connectivity index (χ3n) is 7.87. The Labute approximate surface area is 245 Å². The zero-order valence-electron chi connectivity index (χ0n) is 24.2. The summed E-state index contributed by atoms with van der Waals surface area (Å²) in [7, 11) is 2.17. The van der Waals surface area contributed by atoms with E-state index in [0.717, 1.165) is 67.5 Å². The van der Waals surface area contributed by atoms with Gasteiger partial charge in [0.05, 0.1) is 33.7 Å². The molecule has 1 amide bonds. The summed E-state index contributed by atoms with van der Waals surface area (Å²) in [4.78, 5) is 34.9. The molecule has 9 nitrogen and oxygen atoms in total. The van der Waals surface area contributed by atoms with Gasteiger partial charge >= 0.3 is 0 Å². The Morgan fingerprint density at radius 2 is 1.76 bits per heavy atom. The zero-order valence-corrected chi connectivity index (χ0v) is 24.2. The first-order chi connectivity index (χ1) is 20.3. The highest BCUT2D eigenvalue weighted by Crippen LogP contribution is 2.33. The standard InChI is InChI=1S/C33H35N7O2/c1-21-20-34-22(2)31(35-21)24-7-11-30(41)27(18-24)32-37-28-10-6-25(19-29(28)38-32)33(42)36-26-8-4-23(5-9-26)12-13-40-16-14-39(3)15-17-40/h4-11,18-20,41H,12-17H2,1-3H3,(H,36,42)(H,37,38). The maximum Gasteiger partial charge on any atom is 0.255 e. The van der Waals surface area contributed by atoms with Crippen molar-refractivity contribution in [2.75, 3.05) is 45.1 Å². The average molecular weight is 562 g/mol. The second-order valence-corrected chi connectivity index (χ2v) is 11.0. The molecule has 9 heteroatoms. The van der Waals surface area contributed by atoms with Crippen molar-refractivity contribution >= 4 is 22.6 Å². The largest absolute Gasteiger partial charge is 0.507 e. The van der Waals surface area contributed by atoms with Crippen LogP contribution in [0, 0.1) is 13.8 Å². The molecule has 3 aromatic carbocycles. The maximum atomic E-state index is 13.1. The number of phenolic OH excluding ortho intramolecular Hbond substituents is 1. The van der Waals surface area contributed by atoms with Crippen molar-refractivity contribution in [1.29, 1.82) is 0 Å². The smallest absolute Gasteiger partial charge is 0.255 e. The molecule has 5 aromatic rings. The van der Waals surface area contributed by atoms with Gasteiger partial charge in [0.25, 0.3) is 5.91 Å². The van der Waals surface area contributed by atoms with Gasteiger partial charge in [0, 0.05) is 55.7 Å². The van der Waals surface area contributed by atoms with Crippen molar-refractivity contribution in [3.05, 3.63) is 89.4 Å². The van der Waals surface area contributed by atoms with E-state index in [1.807, 2.05) is 44.2 Å². The predicted octanol–water partition coefficient (Wildman–Crippen LogP) is 5.05. The van der Waals surface area contributed by atoms with Crippen LogP contribution in [0.5, 0.6) is 5.75 Å². The van der Waals surface area contributed by atoms with Gasteiger partial charge in [0.1, 0.15) is 11.6 Å². The first kappa shape index (κ1) is 27.6. The van der Waals surface area contributed by atoms with E-state index in [0.29, 0.717) is 28.0 Å². The molecule has 2 aromatic heterocycles. The lowest BCUT2D eigenvalue weighted by molar-refractivity contribution is 0.102. The number of carbonyl (C=O) groups is 1. The minimum absolute atomic E-state index is 0.0982. The molecule has 1 saturated heterocycles. The van der Waals surface area contributed by atoms with Gasteiger partial charge < -0.3 is 25.2 Å². The van der Waals surface area contributed by atoms with Crippen molar-refractivity contribution in [2.45, 2.75) is 20.3 Å². The third-order valence-corrected chi connectivity index (χ3v) is 7.87. The predicted molar refractivity (Wildman–Crippen MR) is 166 cm³/mol. The summed E-state index contributed by atoms with van der Waals surface area (Å²) in [5, 5.41) is 13.7. The summed E-state index contributed by atoms with van der Waals surface area (Å²) in [6, 6.07) is 18.7. The number of likely N-dealkylation sites (N-methyl/N-ethyl adjacent to an activating group) is 1. The number of nitrogens with zero attached hydrogens (tertiary/aromatic N) is 5. The number of phenols is 1. The van der Waals surface area contributed by atoms with Crippen LogP contribution < -0.4 is 5.32 Å². The summed E-state index contributed by atoms with van der Waals surface area (Å²) in [6.45, 7) is 9.33. The van der Waals surface area contributed by atoms with Crippen LogP contribution in [0.1, 0.15) is 27.3 Å². The van der Waals surface area contributed by atoms with Crippen LogP contribution in [0.25, 0.3) is 33.7 Å². The molecule has 6 rings (SSSR count). The van der Waals surface area contributed by atoms with E-state index in [1.54, 1.807) is 24.4 Å². The highest BCUT2D eigenvalue weighted by atomic mass is 16.3. The molecular weight excluding hydrogens is 526 g/mol. The molecule has 0 saturated carbocycles. The number of hydrogen-bond acceptors (Lipinski definition) is 7. The highest BCUT2D eigenvalue weighted by Gasteiger charge is 2.16. The van der Waals surface area contributed by atoms with Gasteiger partial charge in [-0.05, 0) is 81.4 Å². The van der Waals surface area contributed by atoms with E-state index in [-0.39, 0.29) is 11.7 Å². The first-order valence-electron chi connectivity index (χ1n) is 14.3. The quantitative estimate of drug-likeness (QED) is 0.255. The molecule has 1 fully saturated rings. The normalized spacial score (nSPS) is 14.4. The lowest BCUT2D eigenvalue weighted by atomic mass is 10.0. The summed E-state index contributed by atoms with van der Waals surface area (Å²) in [5.74, 6) is 0.407. The van der Waals surface area contributed by atoms with Crippen LogP contribution in [-0.4, -0.2) is 80.5 Å². The molecule has 0 radical (unpaired) electrons. The number of fused-ring (bicyclic) bond motifs is 1. The Hall–Kier alpha value is -4.60. The fraction of sp³-hybridized carbons (Fsp3) is 0.273. The van der Waals surface area contributed by atoms with Crippen molar-refractivity contribution in [1.82, 2.24) is 29.7 Å². The number of aromatic amines is 1. The molecule has 1 aliphatic rings. The first-order valence-corrected chi connectivity index (χ1v) is 14.3. The van der Waals surface area contributed by atoms with Crippen LogP contribution >= 0.6 is 0 Å². The summed E-state index contributed by atoms with van der Waals surface area (Å²) >= 11 is 0. The molecule has 0 spiro atoms. The number of anilines is 1. The fourth-order valence-corrected chi connectivity index (χ4v) is 5.28. The maximum absolute atomic E-state index is 13.1. The van der Waals surface area contributed by atoms with Crippen molar-refractivity contribution in [3.8, 4) is 28.4 Å². The SMILES string of the molecule is Cc1cnc(C)c(-c2ccc(O)c(-c3nc4ccc(C(=O)Nc5ccc(CCN6CCN(C)CC6)cc5)cc4[nH]3)c2)n1. The van der Waals surface area contributed by atoms with E-state index in [1.165, 1.54) is 5.56 Å². The van der Waals surface area contributed by atoms with Crippen LogP contribution in [0.15, 0.2) is 66.9 Å². The molecule has 42 heavy (non-hydrogen) atoms. The monoisotopic (exact) mass is 561 g/mol. The summed E-state index contributed by atoms with van der Waals surface area (Å²) < 4.78 is 0. The van der Waals surface area contributed by atoms with Crippen LogP contribution in [0.2, 0.25) is 0 Å². The van der Waals surface area contributed by atoms with Gasteiger partial charge in [-0.3, -0.25) is 9.78 Å². The lowest BCUT2D eigenvalue weighted by Gasteiger charge is -2.32. The topological polar surface area (TPSA) is 110 Å². The molecule has 3 heterocycles.